The molecular weight excluding hydrogens is 330 g/mol. The molecule has 0 radical (unpaired) electrons. The molecule has 3 nitrogen and oxygen atoms in total. The van der Waals surface area contributed by atoms with Crippen molar-refractivity contribution in [3.63, 3.8) is 0 Å². The molecule has 0 bridgehead atoms. The fourth-order valence-corrected chi connectivity index (χ4v) is 2.34. The van der Waals surface area contributed by atoms with E-state index in [1.54, 1.807) is 31.4 Å². The van der Waals surface area contributed by atoms with E-state index in [1.807, 2.05) is 25.1 Å². The molecule has 2 rings (SSSR count). The van der Waals surface area contributed by atoms with Gasteiger partial charge in [-0.25, -0.2) is 0 Å². The molecule has 4 heteroatoms. The van der Waals surface area contributed by atoms with Crippen molar-refractivity contribution >= 4 is 21.7 Å². The van der Waals surface area contributed by atoms with Gasteiger partial charge in [0.15, 0.2) is 5.78 Å². The number of hydrogen-bond donors (Lipinski definition) is 0. The molecule has 0 fully saturated rings. The number of benzene rings is 2. The van der Waals surface area contributed by atoms with Gasteiger partial charge in [0.05, 0.1) is 13.2 Å². The summed E-state index contributed by atoms with van der Waals surface area (Å²) in [5.41, 5.74) is 2.11. The summed E-state index contributed by atoms with van der Waals surface area (Å²) in [6, 6.07) is 14.5. The Balaban J connectivity index is 2.37. The maximum Gasteiger partial charge on any atom is 0.184 e. The average molecular weight is 344 g/mol. The topological polar surface area (TPSA) is 50.1 Å². The quantitative estimate of drug-likeness (QED) is 0.779. The minimum absolute atomic E-state index is 0.224. The largest absolute Gasteiger partial charge is 0.496 e. The van der Waals surface area contributed by atoms with Crippen molar-refractivity contribution in [2.45, 2.75) is 12.8 Å². The van der Waals surface area contributed by atoms with Crippen LogP contribution in [0.15, 0.2) is 46.9 Å². The molecule has 21 heavy (non-hydrogen) atoms. The van der Waals surface area contributed by atoms with E-state index in [0.29, 0.717) is 16.9 Å². The number of rotatable bonds is 4. The summed E-state index contributed by atoms with van der Waals surface area (Å²) in [7, 11) is 1.56. The Bertz CT molecular complexity index is 702. The summed E-state index contributed by atoms with van der Waals surface area (Å²) in [5, 5.41) is 9.35. The number of halogens is 1. The van der Waals surface area contributed by atoms with Crippen molar-refractivity contribution < 1.29 is 9.53 Å². The molecule has 0 heterocycles. The van der Waals surface area contributed by atoms with Crippen LogP contribution in [0, 0.1) is 18.3 Å². The maximum absolute atomic E-state index is 12.6. The van der Waals surface area contributed by atoms with Crippen LogP contribution in [0.2, 0.25) is 0 Å². The fraction of sp³-hybridized carbons (Fsp3) is 0.176. The highest BCUT2D eigenvalue weighted by atomic mass is 79.9. The zero-order valence-corrected chi connectivity index (χ0v) is 13.3. The summed E-state index contributed by atoms with van der Waals surface area (Å²) in [4.78, 5) is 12.6. The maximum atomic E-state index is 12.6. The molecule has 1 atom stereocenters. The predicted molar refractivity (Wildman–Crippen MR) is 84.6 cm³/mol. The first-order chi connectivity index (χ1) is 10.1. The third-order valence-corrected chi connectivity index (χ3v) is 3.82. The molecule has 0 spiro atoms. The lowest BCUT2D eigenvalue weighted by molar-refractivity contribution is 0.0978. The highest BCUT2D eigenvalue weighted by molar-refractivity contribution is 9.10. The molecule has 0 aromatic heterocycles. The summed E-state index contributed by atoms with van der Waals surface area (Å²) >= 11 is 3.34. The molecule has 0 aliphatic heterocycles. The third kappa shape index (κ3) is 3.32. The van der Waals surface area contributed by atoms with Crippen molar-refractivity contribution in [3.05, 3.63) is 63.6 Å². The van der Waals surface area contributed by atoms with Gasteiger partial charge < -0.3 is 4.74 Å². The van der Waals surface area contributed by atoms with E-state index in [-0.39, 0.29) is 5.78 Å². The Hall–Kier alpha value is -2.12. The van der Waals surface area contributed by atoms with Crippen LogP contribution < -0.4 is 4.74 Å². The number of ketones is 1. The molecular formula is C17H14BrNO2. The van der Waals surface area contributed by atoms with Crippen molar-refractivity contribution in [2.75, 3.05) is 7.11 Å². The molecule has 0 saturated carbocycles. The van der Waals surface area contributed by atoms with Crippen LogP contribution in [0.5, 0.6) is 5.75 Å². The Labute approximate surface area is 132 Å². The number of methoxy groups -OCH3 is 1. The first kappa shape index (κ1) is 15.3. The number of nitrogens with zero attached hydrogens (tertiary/aromatic N) is 1. The molecule has 0 aliphatic rings. The van der Waals surface area contributed by atoms with Gasteiger partial charge in [-0.1, -0.05) is 40.2 Å². The van der Waals surface area contributed by atoms with Gasteiger partial charge in [0.25, 0.3) is 0 Å². The van der Waals surface area contributed by atoms with Gasteiger partial charge in [-0.3, -0.25) is 4.79 Å². The molecule has 1 unspecified atom stereocenters. The SMILES string of the molecule is COc1cc(C(=O)C(C#N)c2ccc(Br)cc2)ccc1C. The summed E-state index contributed by atoms with van der Waals surface area (Å²) in [6.07, 6.45) is 0. The lowest BCUT2D eigenvalue weighted by Gasteiger charge is -2.11. The number of carbonyl (C=O) groups is 1. The highest BCUT2D eigenvalue weighted by Crippen LogP contribution is 2.25. The molecule has 106 valence electrons. The van der Waals surface area contributed by atoms with Crippen LogP contribution in [0.3, 0.4) is 0 Å². The van der Waals surface area contributed by atoms with E-state index in [0.717, 1.165) is 10.0 Å². The number of carbonyl (C=O) groups excluding carboxylic acids is 1. The van der Waals surface area contributed by atoms with E-state index in [9.17, 15) is 10.1 Å². The van der Waals surface area contributed by atoms with Crippen LogP contribution in [-0.4, -0.2) is 12.9 Å². The normalized spacial score (nSPS) is 11.5. The van der Waals surface area contributed by atoms with Gasteiger partial charge in [-0.05, 0) is 36.2 Å². The van der Waals surface area contributed by atoms with Gasteiger partial charge in [-0.15, -0.1) is 0 Å². The van der Waals surface area contributed by atoms with E-state index in [2.05, 4.69) is 22.0 Å². The lowest BCUT2D eigenvalue weighted by atomic mass is 9.91. The molecule has 0 N–H and O–H groups in total. The smallest absolute Gasteiger partial charge is 0.184 e. The minimum atomic E-state index is -0.814. The summed E-state index contributed by atoms with van der Waals surface area (Å²) in [5.74, 6) is -0.392. The predicted octanol–water partition coefficient (Wildman–Crippen LogP) is 4.26. The second kappa shape index (κ2) is 6.55. The van der Waals surface area contributed by atoms with E-state index < -0.39 is 5.92 Å². The Morgan fingerprint density at radius 2 is 1.90 bits per heavy atom. The Kier molecular flexibility index (Phi) is 4.77. The average Bonchev–Trinajstić information content (AvgIpc) is 2.50. The highest BCUT2D eigenvalue weighted by Gasteiger charge is 2.22. The van der Waals surface area contributed by atoms with Crippen molar-refractivity contribution in [2.24, 2.45) is 0 Å². The van der Waals surface area contributed by atoms with E-state index in [1.165, 1.54) is 0 Å². The minimum Gasteiger partial charge on any atom is -0.496 e. The summed E-state index contributed by atoms with van der Waals surface area (Å²) in [6.45, 7) is 1.91. The monoisotopic (exact) mass is 343 g/mol. The van der Waals surface area contributed by atoms with Crippen molar-refractivity contribution in [1.29, 1.82) is 5.26 Å². The van der Waals surface area contributed by atoms with Gasteiger partial charge in [0, 0.05) is 10.0 Å². The van der Waals surface area contributed by atoms with Crippen molar-refractivity contribution in [3.8, 4) is 11.8 Å². The first-order valence-corrected chi connectivity index (χ1v) is 7.20. The van der Waals surface area contributed by atoms with Gasteiger partial charge >= 0.3 is 0 Å². The number of nitriles is 1. The van der Waals surface area contributed by atoms with E-state index in [4.69, 9.17) is 4.74 Å². The number of ether oxygens (including phenoxy) is 1. The molecule has 0 saturated heterocycles. The molecule has 2 aromatic carbocycles. The first-order valence-electron chi connectivity index (χ1n) is 6.40. The number of aryl methyl sites for hydroxylation is 1. The van der Waals surface area contributed by atoms with Gasteiger partial charge in [0.2, 0.25) is 0 Å². The molecule has 0 amide bonds. The third-order valence-electron chi connectivity index (χ3n) is 3.29. The molecule has 2 aromatic rings. The van der Waals surface area contributed by atoms with Crippen LogP contribution in [0.4, 0.5) is 0 Å². The second-order valence-corrected chi connectivity index (χ2v) is 5.58. The Morgan fingerprint density at radius 1 is 1.24 bits per heavy atom. The number of hydrogen-bond acceptors (Lipinski definition) is 3. The Morgan fingerprint density at radius 3 is 2.48 bits per heavy atom. The van der Waals surface area contributed by atoms with Crippen LogP contribution >= 0.6 is 15.9 Å². The lowest BCUT2D eigenvalue weighted by Crippen LogP contribution is -2.11. The number of Topliss-reactive ketones (excluding diaryl/α,β-unsaturated/α-hetero) is 1. The van der Waals surface area contributed by atoms with Gasteiger partial charge in [0.1, 0.15) is 11.7 Å². The fourth-order valence-electron chi connectivity index (χ4n) is 2.08. The second-order valence-electron chi connectivity index (χ2n) is 4.66. The van der Waals surface area contributed by atoms with E-state index >= 15 is 0 Å². The summed E-state index contributed by atoms with van der Waals surface area (Å²) < 4.78 is 6.14. The van der Waals surface area contributed by atoms with Crippen LogP contribution in [0.25, 0.3) is 0 Å². The molecule has 0 aliphatic carbocycles. The standard InChI is InChI=1S/C17H14BrNO2/c1-11-3-4-13(9-16(11)21-2)17(20)15(10-19)12-5-7-14(18)8-6-12/h3-9,15H,1-2H3. The zero-order chi connectivity index (χ0) is 15.4. The zero-order valence-electron chi connectivity index (χ0n) is 11.8. The van der Waals surface area contributed by atoms with Crippen molar-refractivity contribution in [1.82, 2.24) is 0 Å². The van der Waals surface area contributed by atoms with Crippen LogP contribution in [-0.2, 0) is 0 Å². The van der Waals surface area contributed by atoms with Gasteiger partial charge in [-0.2, -0.15) is 5.26 Å². The van der Waals surface area contributed by atoms with Crippen LogP contribution in [0.1, 0.15) is 27.4 Å².